The number of carbonyl (C=O) groups excluding carboxylic acids is 1. The van der Waals surface area contributed by atoms with Gasteiger partial charge < -0.3 is 14.4 Å². The van der Waals surface area contributed by atoms with E-state index in [2.05, 4.69) is 9.97 Å². The van der Waals surface area contributed by atoms with Crippen LogP contribution in [0.5, 0.6) is 11.5 Å². The van der Waals surface area contributed by atoms with Crippen molar-refractivity contribution >= 4 is 5.91 Å². The van der Waals surface area contributed by atoms with Crippen LogP contribution in [0.15, 0.2) is 36.8 Å². The molecule has 2 heterocycles. The predicted molar refractivity (Wildman–Crippen MR) is 91.7 cm³/mol. The maximum absolute atomic E-state index is 13.0. The molecule has 130 valence electrons. The molecule has 0 radical (unpaired) electrons. The van der Waals surface area contributed by atoms with E-state index in [0.29, 0.717) is 18.9 Å². The van der Waals surface area contributed by atoms with Gasteiger partial charge in [0.25, 0.3) is 5.91 Å². The summed E-state index contributed by atoms with van der Waals surface area (Å²) in [7, 11) is 0. The number of hydrogen-bond donors (Lipinski definition) is 0. The highest BCUT2D eigenvalue weighted by atomic mass is 16.5. The summed E-state index contributed by atoms with van der Waals surface area (Å²) in [5.74, 6) is 1.45. The number of carbonyl (C=O) groups is 1. The Bertz CT molecular complexity index is 762. The van der Waals surface area contributed by atoms with E-state index in [0.717, 1.165) is 36.3 Å². The van der Waals surface area contributed by atoms with Crippen molar-refractivity contribution in [1.29, 1.82) is 0 Å². The van der Waals surface area contributed by atoms with Crippen LogP contribution in [0.4, 0.5) is 0 Å². The first kappa shape index (κ1) is 15.9. The van der Waals surface area contributed by atoms with Gasteiger partial charge in [0.2, 0.25) is 0 Å². The summed E-state index contributed by atoms with van der Waals surface area (Å²) in [5, 5.41) is 0. The minimum Gasteiger partial charge on any atom is -0.490 e. The zero-order valence-corrected chi connectivity index (χ0v) is 14.2. The molecule has 0 unspecified atom stereocenters. The number of nitrogens with zero attached hydrogens (tertiary/aromatic N) is 3. The van der Waals surface area contributed by atoms with E-state index in [1.165, 1.54) is 6.20 Å². The van der Waals surface area contributed by atoms with Gasteiger partial charge in [0, 0.05) is 24.9 Å². The lowest BCUT2D eigenvalue weighted by molar-refractivity contribution is 0.0667. The SMILES string of the molecule is C[C@H](c1ccc2c(c1)OCCCO2)N(C(=O)c1cnccn1)C1CC1. The number of rotatable bonds is 4. The fourth-order valence-electron chi connectivity index (χ4n) is 3.15. The van der Waals surface area contributed by atoms with Crippen molar-refractivity contribution in [3.8, 4) is 11.5 Å². The molecule has 0 bridgehead atoms. The van der Waals surface area contributed by atoms with Gasteiger partial charge >= 0.3 is 0 Å². The lowest BCUT2D eigenvalue weighted by Gasteiger charge is -2.29. The Kier molecular flexibility index (Phi) is 4.26. The predicted octanol–water partition coefficient (Wildman–Crippen LogP) is 3.00. The van der Waals surface area contributed by atoms with Crippen molar-refractivity contribution in [2.45, 2.75) is 38.3 Å². The molecule has 1 saturated carbocycles. The second-order valence-electron chi connectivity index (χ2n) is 6.47. The van der Waals surface area contributed by atoms with Gasteiger partial charge in [0.1, 0.15) is 5.69 Å². The molecule has 2 aliphatic rings. The van der Waals surface area contributed by atoms with Crippen LogP contribution < -0.4 is 9.47 Å². The Labute approximate surface area is 146 Å². The number of ether oxygens (including phenoxy) is 2. The lowest BCUT2D eigenvalue weighted by Crippen LogP contribution is -2.36. The van der Waals surface area contributed by atoms with E-state index >= 15 is 0 Å². The van der Waals surface area contributed by atoms with Crippen LogP contribution in [0.1, 0.15) is 48.3 Å². The van der Waals surface area contributed by atoms with Gasteiger partial charge in [-0.05, 0) is 37.5 Å². The van der Waals surface area contributed by atoms with Gasteiger partial charge in [-0.15, -0.1) is 0 Å². The molecule has 1 aliphatic carbocycles. The number of hydrogen-bond acceptors (Lipinski definition) is 5. The smallest absolute Gasteiger partial charge is 0.274 e. The summed E-state index contributed by atoms with van der Waals surface area (Å²) in [4.78, 5) is 23.1. The summed E-state index contributed by atoms with van der Waals surface area (Å²) in [6, 6.07) is 6.13. The van der Waals surface area contributed by atoms with Crippen molar-refractivity contribution in [2.24, 2.45) is 0 Å². The first-order valence-electron chi connectivity index (χ1n) is 8.72. The molecule has 1 aromatic carbocycles. The van der Waals surface area contributed by atoms with Crippen molar-refractivity contribution in [3.63, 3.8) is 0 Å². The van der Waals surface area contributed by atoms with Crippen LogP contribution in [0.3, 0.4) is 0 Å². The monoisotopic (exact) mass is 339 g/mol. The summed E-state index contributed by atoms with van der Waals surface area (Å²) in [5.41, 5.74) is 1.42. The molecule has 6 heteroatoms. The van der Waals surface area contributed by atoms with Crippen molar-refractivity contribution < 1.29 is 14.3 Å². The Balaban J connectivity index is 1.62. The molecule has 0 spiro atoms. The van der Waals surface area contributed by atoms with Gasteiger partial charge in [-0.1, -0.05) is 6.07 Å². The normalized spacial score (nSPS) is 17.5. The van der Waals surface area contributed by atoms with Crippen molar-refractivity contribution in [2.75, 3.05) is 13.2 Å². The highest BCUT2D eigenvalue weighted by molar-refractivity contribution is 5.92. The van der Waals surface area contributed by atoms with Gasteiger partial charge in [-0.25, -0.2) is 4.98 Å². The van der Waals surface area contributed by atoms with E-state index in [-0.39, 0.29) is 18.0 Å². The lowest BCUT2D eigenvalue weighted by atomic mass is 10.1. The molecule has 25 heavy (non-hydrogen) atoms. The highest BCUT2D eigenvalue weighted by Gasteiger charge is 2.37. The van der Waals surface area contributed by atoms with Crippen molar-refractivity contribution in [1.82, 2.24) is 14.9 Å². The standard InChI is InChI=1S/C19H21N3O3/c1-13(14-3-6-17-18(11-14)25-10-2-9-24-17)22(15-4-5-15)19(23)16-12-20-7-8-21-16/h3,6-8,11-13,15H,2,4-5,9-10H2,1H3/t13-/m1/s1. The van der Waals surface area contributed by atoms with Crippen LogP contribution >= 0.6 is 0 Å². The third-order valence-electron chi connectivity index (χ3n) is 4.63. The molecular weight excluding hydrogens is 318 g/mol. The maximum atomic E-state index is 13.0. The van der Waals surface area contributed by atoms with E-state index in [1.54, 1.807) is 12.4 Å². The zero-order chi connectivity index (χ0) is 17.2. The van der Waals surface area contributed by atoms with Gasteiger partial charge in [-0.2, -0.15) is 0 Å². The first-order chi connectivity index (χ1) is 12.2. The van der Waals surface area contributed by atoms with Gasteiger partial charge in [0.05, 0.1) is 25.5 Å². The van der Waals surface area contributed by atoms with Crippen LogP contribution in [-0.2, 0) is 0 Å². The minimum absolute atomic E-state index is 0.0702. The molecule has 1 amide bonds. The van der Waals surface area contributed by atoms with E-state index in [9.17, 15) is 4.79 Å². The van der Waals surface area contributed by atoms with Crippen molar-refractivity contribution in [3.05, 3.63) is 48.0 Å². The molecule has 0 saturated heterocycles. The fourth-order valence-corrected chi connectivity index (χ4v) is 3.15. The van der Waals surface area contributed by atoms with E-state index in [4.69, 9.17) is 9.47 Å². The van der Waals surface area contributed by atoms with Crippen LogP contribution in [-0.4, -0.2) is 40.0 Å². The molecule has 1 atom stereocenters. The van der Waals surface area contributed by atoms with Gasteiger partial charge in [0.15, 0.2) is 11.5 Å². The summed E-state index contributed by atoms with van der Waals surface area (Å²) in [6.45, 7) is 3.36. The molecule has 0 N–H and O–H groups in total. The molecule has 2 aromatic rings. The second-order valence-corrected chi connectivity index (χ2v) is 6.47. The third-order valence-corrected chi connectivity index (χ3v) is 4.63. The summed E-state index contributed by atoms with van der Waals surface area (Å²) in [6.07, 6.45) is 7.58. The Morgan fingerprint density at radius 1 is 1.20 bits per heavy atom. The average Bonchev–Trinajstić information content (AvgIpc) is 3.49. The van der Waals surface area contributed by atoms with Crippen LogP contribution in [0.2, 0.25) is 0 Å². The minimum atomic E-state index is -0.0739. The molecule has 6 nitrogen and oxygen atoms in total. The molecule has 4 rings (SSSR count). The number of aromatic nitrogens is 2. The topological polar surface area (TPSA) is 64.6 Å². The van der Waals surface area contributed by atoms with E-state index < -0.39 is 0 Å². The number of amides is 1. The zero-order valence-electron chi connectivity index (χ0n) is 14.2. The Morgan fingerprint density at radius 2 is 2.00 bits per heavy atom. The Morgan fingerprint density at radius 3 is 2.72 bits per heavy atom. The molecular formula is C19H21N3O3. The third kappa shape index (κ3) is 3.29. The second kappa shape index (κ2) is 6.70. The summed E-state index contributed by atoms with van der Waals surface area (Å²) < 4.78 is 11.5. The Hall–Kier alpha value is -2.63. The molecule has 1 aliphatic heterocycles. The maximum Gasteiger partial charge on any atom is 0.274 e. The number of fused-ring (bicyclic) bond motifs is 1. The average molecular weight is 339 g/mol. The first-order valence-corrected chi connectivity index (χ1v) is 8.72. The quantitative estimate of drug-likeness (QED) is 0.857. The van der Waals surface area contributed by atoms with Crippen LogP contribution in [0.25, 0.3) is 0 Å². The van der Waals surface area contributed by atoms with Gasteiger partial charge in [-0.3, -0.25) is 9.78 Å². The molecule has 1 fully saturated rings. The van der Waals surface area contributed by atoms with E-state index in [1.807, 2.05) is 30.0 Å². The van der Waals surface area contributed by atoms with Crippen LogP contribution in [0, 0.1) is 0 Å². The summed E-state index contributed by atoms with van der Waals surface area (Å²) >= 11 is 0. The number of benzene rings is 1. The largest absolute Gasteiger partial charge is 0.490 e. The highest BCUT2D eigenvalue weighted by Crippen LogP contribution is 2.38. The fraction of sp³-hybridized carbons (Fsp3) is 0.421. The molecule has 1 aromatic heterocycles.